The summed E-state index contributed by atoms with van der Waals surface area (Å²) in [6.45, 7) is 0. The van der Waals surface area contributed by atoms with Gasteiger partial charge in [0.2, 0.25) is 0 Å². The fourth-order valence-electron chi connectivity index (χ4n) is 1.57. The van der Waals surface area contributed by atoms with Crippen molar-refractivity contribution in [1.29, 1.82) is 0 Å². The summed E-state index contributed by atoms with van der Waals surface area (Å²) in [6.07, 6.45) is 5.62. The standard InChI is InChI=1S/C10H14N2S/c11-9(6-7-3-4-7)8-2-1-5-12-10(8)13/h1-2,5,7,9H,3-4,6,11H2,(H,12,13). The van der Waals surface area contributed by atoms with E-state index in [1.165, 1.54) is 12.8 Å². The van der Waals surface area contributed by atoms with Crippen LogP contribution in [0.4, 0.5) is 0 Å². The number of hydrogen-bond donors (Lipinski definition) is 2. The fraction of sp³-hybridized carbons (Fsp3) is 0.500. The number of nitrogens with two attached hydrogens (primary N) is 1. The van der Waals surface area contributed by atoms with Crippen molar-refractivity contribution in [1.82, 2.24) is 4.98 Å². The molecule has 0 spiro atoms. The molecule has 70 valence electrons. The molecular formula is C10H14N2S. The van der Waals surface area contributed by atoms with Gasteiger partial charge in [-0.05, 0) is 18.4 Å². The Hall–Kier alpha value is -0.670. The smallest absolute Gasteiger partial charge is 0.108 e. The van der Waals surface area contributed by atoms with E-state index in [-0.39, 0.29) is 6.04 Å². The number of rotatable bonds is 3. The van der Waals surface area contributed by atoms with Crippen LogP contribution in [-0.4, -0.2) is 4.98 Å². The summed E-state index contributed by atoms with van der Waals surface area (Å²) in [7, 11) is 0. The van der Waals surface area contributed by atoms with Crippen molar-refractivity contribution < 1.29 is 0 Å². The van der Waals surface area contributed by atoms with Gasteiger partial charge in [0.15, 0.2) is 0 Å². The zero-order valence-corrected chi connectivity index (χ0v) is 8.31. The van der Waals surface area contributed by atoms with E-state index in [1.807, 2.05) is 18.3 Å². The molecule has 0 saturated heterocycles. The molecule has 3 heteroatoms. The molecule has 0 aromatic carbocycles. The van der Waals surface area contributed by atoms with Gasteiger partial charge in [-0.15, -0.1) is 0 Å². The quantitative estimate of drug-likeness (QED) is 0.726. The van der Waals surface area contributed by atoms with Crippen LogP contribution in [0.15, 0.2) is 18.3 Å². The van der Waals surface area contributed by atoms with Gasteiger partial charge in [-0.1, -0.05) is 31.1 Å². The summed E-state index contributed by atoms with van der Waals surface area (Å²) in [4.78, 5) is 3.01. The normalized spacial score (nSPS) is 18.5. The highest BCUT2D eigenvalue weighted by Crippen LogP contribution is 2.36. The van der Waals surface area contributed by atoms with Crippen molar-refractivity contribution in [2.24, 2.45) is 11.7 Å². The highest BCUT2D eigenvalue weighted by Gasteiger charge is 2.24. The van der Waals surface area contributed by atoms with Crippen molar-refractivity contribution >= 4 is 12.2 Å². The molecule has 1 aliphatic carbocycles. The van der Waals surface area contributed by atoms with Gasteiger partial charge in [0.05, 0.1) is 0 Å². The average molecular weight is 194 g/mol. The number of aromatic amines is 1. The van der Waals surface area contributed by atoms with Crippen LogP contribution >= 0.6 is 12.2 Å². The Bertz CT molecular complexity index is 341. The van der Waals surface area contributed by atoms with E-state index in [2.05, 4.69) is 4.98 Å². The first-order chi connectivity index (χ1) is 6.27. The van der Waals surface area contributed by atoms with E-state index in [1.54, 1.807) is 0 Å². The maximum Gasteiger partial charge on any atom is 0.108 e. The van der Waals surface area contributed by atoms with Crippen molar-refractivity contribution in [3.05, 3.63) is 28.5 Å². The average Bonchev–Trinajstić information content (AvgIpc) is 2.89. The second-order valence-corrected chi connectivity index (χ2v) is 4.15. The Morgan fingerprint density at radius 1 is 1.62 bits per heavy atom. The first kappa shape index (κ1) is 8.91. The third-order valence-corrected chi connectivity index (χ3v) is 2.89. The minimum atomic E-state index is 0.123. The molecule has 2 nitrogen and oxygen atoms in total. The predicted molar refractivity (Wildman–Crippen MR) is 55.9 cm³/mol. The van der Waals surface area contributed by atoms with Gasteiger partial charge < -0.3 is 10.7 Å². The molecular weight excluding hydrogens is 180 g/mol. The summed E-state index contributed by atoms with van der Waals surface area (Å²) < 4.78 is 0.788. The van der Waals surface area contributed by atoms with E-state index in [0.717, 1.165) is 22.5 Å². The first-order valence-corrected chi connectivity index (χ1v) is 5.11. The monoisotopic (exact) mass is 194 g/mol. The van der Waals surface area contributed by atoms with Crippen molar-refractivity contribution in [3.63, 3.8) is 0 Å². The van der Waals surface area contributed by atoms with E-state index >= 15 is 0 Å². The lowest BCUT2D eigenvalue weighted by Gasteiger charge is -2.10. The lowest BCUT2D eigenvalue weighted by Crippen LogP contribution is -2.11. The predicted octanol–water partition coefficient (Wildman–Crippen LogP) is 2.54. The minimum absolute atomic E-state index is 0.123. The van der Waals surface area contributed by atoms with Crippen LogP contribution in [0, 0.1) is 10.6 Å². The maximum atomic E-state index is 6.05. The van der Waals surface area contributed by atoms with E-state index in [4.69, 9.17) is 18.0 Å². The Kier molecular flexibility index (Phi) is 2.47. The summed E-state index contributed by atoms with van der Waals surface area (Å²) in [5.41, 5.74) is 7.14. The number of pyridine rings is 1. The molecule has 1 saturated carbocycles. The zero-order chi connectivity index (χ0) is 9.26. The van der Waals surface area contributed by atoms with Crippen LogP contribution < -0.4 is 5.73 Å². The Morgan fingerprint density at radius 3 is 3.00 bits per heavy atom. The van der Waals surface area contributed by atoms with Gasteiger partial charge in [0.1, 0.15) is 4.64 Å². The molecule has 2 rings (SSSR count). The van der Waals surface area contributed by atoms with Crippen LogP contribution in [-0.2, 0) is 0 Å². The minimum Gasteiger partial charge on any atom is -0.353 e. The molecule has 0 bridgehead atoms. The van der Waals surface area contributed by atoms with Crippen molar-refractivity contribution in [2.75, 3.05) is 0 Å². The Labute approximate surface area is 83.2 Å². The summed E-state index contributed by atoms with van der Waals surface area (Å²) in [5.74, 6) is 0.851. The van der Waals surface area contributed by atoms with Crippen LogP contribution in [0.2, 0.25) is 0 Å². The van der Waals surface area contributed by atoms with Gasteiger partial charge in [-0.3, -0.25) is 0 Å². The third kappa shape index (κ3) is 2.17. The molecule has 1 aromatic heterocycles. The molecule has 3 N–H and O–H groups in total. The van der Waals surface area contributed by atoms with Crippen molar-refractivity contribution in [3.8, 4) is 0 Å². The highest BCUT2D eigenvalue weighted by molar-refractivity contribution is 7.71. The molecule has 1 heterocycles. The summed E-state index contributed by atoms with van der Waals surface area (Å²) in [5, 5.41) is 0. The molecule has 1 unspecified atom stereocenters. The van der Waals surface area contributed by atoms with E-state index < -0.39 is 0 Å². The number of nitrogens with one attached hydrogen (secondary N) is 1. The molecule has 0 aliphatic heterocycles. The van der Waals surface area contributed by atoms with Crippen LogP contribution in [0.1, 0.15) is 30.9 Å². The number of hydrogen-bond acceptors (Lipinski definition) is 2. The molecule has 1 atom stereocenters. The van der Waals surface area contributed by atoms with Gasteiger partial charge in [0, 0.05) is 17.8 Å². The number of H-pyrrole nitrogens is 1. The fourth-order valence-corrected chi connectivity index (χ4v) is 1.85. The summed E-state index contributed by atoms with van der Waals surface area (Å²) in [6, 6.07) is 4.10. The molecule has 1 aromatic rings. The Morgan fingerprint density at radius 2 is 2.38 bits per heavy atom. The second kappa shape index (κ2) is 3.60. The van der Waals surface area contributed by atoms with Crippen LogP contribution in [0.25, 0.3) is 0 Å². The maximum absolute atomic E-state index is 6.05. The van der Waals surface area contributed by atoms with Gasteiger partial charge >= 0.3 is 0 Å². The molecule has 0 amide bonds. The largest absolute Gasteiger partial charge is 0.353 e. The lowest BCUT2D eigenvalue weighted by molar-refractivity contribution is 0.594. The van der Waals surface area contributed by atoms with Gasteiger partial charge in [-0.25, -0.2) is 0 Å². The van der Waals surface area contributed by atoms with Crippen molar-refractivity contribution in [2.45, 2.75) is 25.3 Å². The number of aromatic nitrogens is 1. The third-order valence-electron chi connectivity index (χ3n) is 2.53. The van der Waals surface area contributed by atoms with E-state index in [9.17, 15) is 0 Å². The lowest BCUT2D eigenvalue weighted by atomic mass is 10.0. The van der Waals surface area contributed by atoms with Crippen LogP contribution in [0.3, 0.4) is 0 Å². The van der Waals surface area contributed by atoms with E-state index in [0.29, 0.717) is 0 Å². The van der Waals surface area contributed by atoms with Crippen LogP contribution in [0.5, 0.6) is 0 Å². The van der Waals surface area contributed by atoms with Gasteiger partial charge in [0.25, 0.3) is 0 Å². The highest BCUT2D eigenvalue weighted by atomic mass is 32.1. The SMILES string of the molecule is NC(CC1CC1)c1ccc[nH]c1=S. The topological polar surface area (TPSA) is 41.8 Å². The Balaban J connectivity index is 2.13. The second-order valence-electron chi connectivity index (χ2n) is 3.74. The molecule has 1 aliphatic rings. The molecule has 1 fully saturated rings. The first-order valence-electron chi connectivity index (χ1n) is 4.70. The summed E-state index contributed by atoms with van der Waals surface area (Å²) >= 11 is 5.17. The molecule has 13 heavy (non-hydrogen) atoms. The zero-order valence-electron chi connectivity index (χ0n) is 7.49. The molecule has 0 radical (unpaired) electrons. The van der Waals surface area contributed by atoms with Gasteiger partial charge in [-0.2, -0.15) is 0 Å².